The van der Waals surface area contributed by atoms with Crippen molar-refractivity contribution in [1.82, 2.24) is 0 Å². The smallest absolute Gasteiger partial charge is 0.0410 e. The van der Waals surface area contributed by atoms with Crippen LogP contribution in [0, 0.1) is 10.5 Å². The standard InChI is InChI=1S/C14H13ClIN/c1-10-8-12(15)4-7-14(10)17-9-11-2-5-13(16)6-3-11/h2-8,17H,9H2,1H3. The van der Waals surface area contributed by atoms with Gasteiger partial charge < -0.3 is 5.32 Å². The molecule has 0 amide bonds. The average molecular weight is 358 g/mol. The van der Waals surface area contributed by atoms with Gasteiger partial charge in [-0.25, -0.2) is 0 Å². The number of halogens is 2. The molecule has 0 aromatic heterocycles. The lowest BCUT2D eigenvalue weighted by Crippen LogP contribution is -2.00. The molecule has 3 heteroatoms. The zero-order valence-electron chi connectivity index (χ0n) is 9.50. The second-order valence-corrected chi connectivity index (χ2v) is 5.62. The molecule has 0 atom stereocenters. The summed E-state index contributed by atoms with van der Waals surface area (Å²) in [6, 6.07) is 14.4. The lowest BCUT2D eigenvalue weighted by molar-refractivity contribution is 1.14. The molecule has 0 saturated heterocycles. The van der Waals surface area contributed by atoms with Gasteiger partial charge in [-0.1, -0.05) is 23.7 Å². The first-order valence-electron chi connectivity index (χ1n) is 5.39. The lowest BCUT2D eigenvalue weighted by atomic mass is 10.2. The van der Waals surface area contributed by atoms with E-state index in [1.54, 1.807) is 0 Å². The second kappa shape index (κ2) is 5.74. The summed E-state index contributed by atoms with van der Waals surface area (Å²) in [4.78, 5) is 0. The summed E-state index contributed by atoms with van der Waals surface area (Å²) < 4.78 is 1.26. The molecule has 0 heterocycles. The molecule has 0 aliphatic heterocycles. The minimum absolute atomic E-state index is 0.780. The molecule has 0 aliphatic carbocycles. The van der Waals surface area contributed by atoms with Crippen LogP contribution in [0.5, 0.6) is 0 Å². The number of hydrogen-bond acceptors (Lipinski definition) is 1. The molecular weight excluding hydrogens is 345 g/mol. The van der Waals surface area contributed by atoms with Crippen molar-refractivity contribution in [2.75, 3.05) is 5.32 Å². The monoisotopic (exact) mass is 357 g/mol. The van der Waals surface area contributed by atoms with E-state index >= 15 is 0 Å². The van der Waals surface area contributed by atoms with Gasteiger partial charge >= 0.3 is 0 Å². The van der Waals surface area contributed by atoms with Crippen molar-refractivity contribution in [3.8, 4) is 0 Å². The summed E-state index contributed by atoms with van der Waals surface area (Å²) in [6.07, 6.45) is 0. The highest BCUT2D eigenvalue weighted by molar-refractivity contribution is 14.1. The van der Waals surface area contributed by atoms with E-state index < -0.39 is 0 Å². The van der Waals surface area contributed by atoms with E-state index in [1.165, 1.54) is 14.7 Å². The van der Waals surface area contributed by atoms with Gasteiger partial charge in [0.2, 0.25) is 0 Å². The topological polar surface area (TPSA) is 12.0 Å². The fourth-order valence-electron chi connectivity index (χ4n) is 1.62. The third kappa shape index (κ3) is 3.61. The maximum atomic E-state index is 5.92. The lowest BCUT2D eigenvalue weighted by Gasteiger charge is -2.10. The van der Waals surface area contributed by atoms with E-state index in [0.29, 0.717) is 0 Å². The zero-order chi connectivity index (χ0) is 12.3. The Labute approximate surface area is 120 Å². The molecule has 88 valence electrons. The first-order valence-corrected chi connectivity index (χ1v) is 6.85. The summed E-state index contributed by atoms with van der Waals surface area (Å²) in [5, 5.41) is 4.19. The highest BCUT2D eigenvalue weighted by atomic mass is 127. The molecule has 0 bridgehead atoms. The summed E-state index contributed by atoms with van der Waals surface area (Å²) in [6.45, 7) is 2.89. The van der Waals surface area contributed by atoms with Gasteiger partial charge in [-0.15, -0.1) is 0 Å². The fourth-order valence-corrected chi connectivity index (χ4v) is 2.21. The van der Waals surface area contributed by atoms with Crippen molar-refractivity contribution in [2.45, 2.75) is 13.5 Å². The largest absolute Gasteiger partial charge is 0.381 e. The second-order valence-electron chi connectivity index (χ2n) is 3.94. The average Bonchev–Trinajstić information content (AvgIpc) is 2.30. The number of nitrogens with one attached hydrogen (secondary N) is 1. The Morgan fingerprint density at radius 1 is 1.12 bits per heavy atom. The van der Waals surface area contributed by atoms with E-state index in [0.717, 1.165) is 17.3 Å². The third-order valence-electron chi connectivity index (χ3n) is 2.58. The van der Waals surface area contributed by atoms with Crippen LogP contribution >= 0.6 is 34.2 Å². The van der Waals surface area contributed by atoms with Crippen LogP contribution < -0.4 is 5.32 Å². The molecular formula is C14H13ClIN. The first-order chi connectivity index (χ1) is 8.15. The minimum Gasteiger partial charge on any atom is -0.381 e. The maximum absolute atomic E-state index is 5.92. The van der Waals surface area contributed by atoms with Crippen molar-refractivity contribution >= 4 is 39.9 Å². The van der Waals surface area contributed by atoms with Crippen LogP contribution in [0.3, 0.4) is 0 Å². The summed E-state index contributed by atoms with van der Waals surface area (Å²) in [5.74, 6) is 0. The molecule has 17 heavy (non-hydrogen) atoms. The van der Waals surface area contributed by atoms with Gasteiger partial charge in [-0.2, -0.15) is 0 Å². The van der Waals surface area contributed by atoms with Crippen LogP contribution in [0.15, 0.2) is 42.5 Å². The molecule has 0 fully saturated rings. The number of anilines is 1. The van der Waals surface area contributed by atoms with Crippen LogP contribution in [0.25, 0.3) is 0 Å². The van der Waals surface area contributed by atoms with Crippen LogP contribution in [-0.2, 0) is 6.54 Å². The Bertz CT molecular complexity index is 508. The van der Waals surface area contributed by atoms with Crippen molar-refractivity contribution in [3.63, 3.8) is 0 Å². The number of rotatable bonds is 3. The minimum atomic E-state index is 0.780. The van der Waals surface area contributed by atoms with Gasteiger partial charge in [-0.05, 0) is 71.0 Å². The molecule has 2 rings (SSSR count). The molecule has 0 aliphatic rings. The van der Waals surface area contributed by atoms with Crippen LogP contribution in [-0.4, -0.2) is 0 Å². The van der Waals surface area contributed by atoms with Gasteiger partial charge in [0, 0.05) is 20.8 Å². The van der Waals surface area contributed by atoms with Crippen LogP contribution in [0.2, 0.25) is 5.02 Å². The predicted octanol–water partition coefficient (Wildman–Crippen LogP) is 4.87. The molecule has 0 radical (unpaired) electrons. The van der Waals surface area contributed by atoms with Gasteiger partial charge in [0.05, 0.1) is 0 Å². The molecule has 1 nitrogen and oxygen atoms in total. The Balaban J connectivity index is 2.04. The third-order valence-corrected chi connectivity index (χ3v) is 3.54. The van der Waals surface area contributed by atoms with E-state index in [-0.39, 0.29) is 0 Å². The van der Waals surface area contributed by atoms with Crippen molar-refractivity contribution in [2.24, 2.45) is 0 Å². The fraction of sp³-hybridized carbons (Fsp3) is 0.143. The SMILES string of the molecule is Cc1cc(Cl)ccc1NCc1ccc(I)cc1. The quantitative estimate of drug-likeness (QED) is 0.773. The highest BCUT2D eigenvalue weighted by Crippen LogP contribution is 2.20. The van der Waals surface area contributed by atoms with Gasteiger partial charge in [0.15, 0.2) is 0 Å². The summed E-state index contributed by atoms with van der Waals surface area (Å²) in [5.41, 5.74) is 3.58. The van der Waals surface area contributed by atoms with Crippen LogP contribution in [0.1, 0.15) is 11.1 Å². The Kier molecular flexibility index (Phi) is 4.29. The maximum Gasteiger partial charge on any atom is 0.0410 e. The number of aryl methyl sites for hydroxylation is 1. The number of benzene rings is 2. The Morgan fingerprint density at radius 2 is 1.82 bits per heavy atom. The van der Waals surface area contributed by atoms with E-state index in [9.17, 15) is 0 Å². The van der Waals surface area contributed by atoms with E-state index in [2.05, 4.69) is 59.1 Å². The Morgan fingerprint density at radius 3 is 2.47 bits per heavy atom. The summed E-state index contributed by atoms with van der Waals surface area (Å²) in [7, 11) is 0. The first kappa shape index (κ1) is 12.7. The van der Waals surface area contributed by atoms with Crippen LogP contribution in [0.4, 0.5) is 5.69 Å². The van der Waals surface area contributed by atoms with Gasteiger partial charge in [-0.3, -0.25) is 0 Å². The van der Waals surface area contributed by atoms with Gasteiger partial charge in [0.25, 0.3) is 0 Å². The number of hydrogen-bond donors (Lipinski definition) is 1. The van der Waals surface area contributed by atoms with E-state index in [1.807, 2.05) is 18.2 Å². The van der Waals surface area contributed by atoms with Crippen molar-refractivity contribution in [3.05, 3.63) is 62.2 Å². The molecule has 1 N–H and O–H groups in total. The van der Waals surface area contributed by atoms with Crippen molar-refractivity contribution < 1.29 is 0 Å². The summed E-state index contributed by atoms with van der Waals surface area (Å²) >= 11 is 8.23. The van der Waals surface area contributed by atoms with Gasteiger partial charge in [0.1, 0.15) is 0 Å². The molecule has 2 aromatic carbocycles. The highest BCUT2D eigenvalue weighted by Gasteiger charge is 1.99. The normalized spacial score (nSPS) is 10.3. The molecule has 2 aromatic rings. The molecule has 0 unspecified atom stereocenters. The van der Waals surface area contributed by atoms with E-state index in [4.69, 9.17) is 11.6 Å². The molecule has 0 spiro atoms. The Hall–Kier alpha value is -0.740. The van der Waals surface area contributed by atoms with Crippen molar-refractivity contribution in [1.29, 1.82) is 0 Å². The zero-order valence-corrected chi connectivity index (χ0v) is 12.4. The molecule has 0 saturated carbocycles. The predicted molar refractivity (Wildman–Crippen MR) is 82.7 cm³/mol.